The van der Waals surface area contributed by atoms with Crippen molar-refractivity contribution in [3.63, 3.8) is 0 Å². The van der Waals surface area contributed by atoms with E-state index in [1.807, 2.05) is 54.6 Å². The van der Waals surface area contributed by atoms with Crippen LogP contribution in [0.5, 0.6) is 0 Å². The molecule has 0 amide bonds. The summed E-state index contributed by atoms with van der Waals surface area (Å²) in [6, 6.07) is 28.5. The van der Waals surface area contributed by atoms with Crippen LogP contribution < -0.4 is 21.1 Å². The molecule has 40 heavy (non-hydrogen) atoms. The highest BCUT2D eigenvalue weighted by Gasteiger charge is 2.16. The normalized spacial score (nSPS) is 10.9. The number of hydrogen-bond donors (Lipinski definition) is 4. The fourth-order valence-corrected chi connectivity index (χ4v) is 5.32. The van der Waals surface area contributed by atoms with E-state index in [1.165, 1.54) is 0 Å². The molecular weight excluding hydrogens is 544 g/mol. The van der Waals surface area contributed by atoms with Crippen LogP contribution in [0.1, 0.15) is 18.9 Å². The number of para-hydroxylation sites is 2. The molecule has 10 heteroatoms. The molecule has 0 heterocycles. The SMILES string of the molecule is CCOC(=O)CCc1cccc(NS(=O)(=O)c2cccc(-c3cccc(NC(=S)Nc4ccccc4N)c3)c2)c1. The van der Waals surface area contributed by atoms with Gasteiger partial charge in [0.05, 0.1) is 22.9 Å². The molecular formula is C30H30N4O4S2. The Bertz CT molecular complexity index is 1620. The quantitative estimate of drug-likeness (QED) is 0.103. The Morgan fingerprint density at radius 3 is 2.33 bits per heavy atom. The van der Waals surface area contributed by atoms with Crippen molar-refractivity contribution in [1.82, 2.24) is 0 Å². The zero-order valence-electron chi connectivity index (χ0n) is 21.9. The number of nitrogens with two attached hydrogens (primary N) is 1. The van der Waals surface area contributed by atoms with E-state index in [0.717, 1.165) is 22.4 Å². The van der Waals surface area contributed by atoms with Crippen molar-refractivity contribution in [3.05, 3.63) is 103 Å². The number of sulfonamides is 1. The number of nitrogen functional groups attached to an aromatic ring is 1. The second-order valence-corrected chi connectivity index (χ2v) is 11.0. The number of thiocarbonyl (C=S) groups is 1. The summed E-state index contributed by atoms with van der Waals surface area (Å²) in [5.74, 6) is -0.288. The molecule has 0 aliphatic carbocycles. The van der Waals surface area contributed by atoms with Crippen LogP contribution in [0.3, 0.4) is 0 Å². The first-order valence-electron chi connectivity index (χ1n) is 12.6. The van der Waals surface area contributed by atoms with Gasteiger partial charge < -0.3 is 21.1 Å². The highest BCUT2D eigenvalue weighted by Crippen LogP contribution is 2.27. The van der Waals surface area contributed by atoms with Crippen molar-refractivity contribution in [1.29, 1.82) is 0 Å². The maximum absolute atomic E-state index is 13.2. The molecule has 4 aromatic carbocycles. The average Bonchev–Trinajstić information content (AvgIpc) is 2.93. The van der Waals surface area contributed by atoms with Gasteiger partial charge in [0.15, 0.2) is 5.11 Å². The molecule has 0 bridgehead atoms. The number of carbonyl (C=O) groups is 1. The molecule has 0 fully saturated rings. The summed E-state index contributed by atoms with van der Waals surface area (Å²) in [5.41, 5.74) is 10.8. The number of ether oxygens (including phenoxy) is 1. The van der Waals surface area contributed by atoms with Gasteiger partial charge in [-0.05, 0) is 90.8 Å². The second kappa shape index (κ2) is 13.1. The molecule has 0 saturated heterocycles. The third-order valence-corrected chi connectivity index (χ3v) is 7.49. The lowest BCUT2D eigenvalue weighted by Crippen LogP contribution is -2.19. The van der Waals surface area contributed by atoms with Gasteiger partial charge in [-0.15, -0.1) is 0 Å². The molecule has 0 unspecified atom stereocenters. The minimum Gasteiger partial charge on any atom is -0.466 e. The van der Waals surface area contributed by atoms with Crippen molar-refractivity contribution in [3.8, 4) is 11.1 Å². The number of hydrogen-bond acceptors (Lipinski definition) is 6. The van der Waals surface area contributed by atoms with Crippen LogP contribution in [0.15, 0.2) is 102 Å². The third-order valence-electron chi connectivity index (χ3n) is 5.91. The van der Waals surface area contributed by atoms with E-state index in [9.17, 15) is 13.2 Å². The minimum absolute atomic E-state index is 0.122. The number of benzene rings is 4. The van der Waals surface area contributed by atoms with Gasteiger partial charge in [0.25, 0.3) is 10.0 Å². The smallest absolute Gasteiger partial charge is 0.306 e. The van der Waals surface area contributed by atoms with Gasteiger partial charge in [0.2, 0.25) is 0 Å². The topological polar surface area (TPSA) is 123 Å². The predicted octanol–water partition coefficient (Wildman–Crippen LogP) is 6.04. The van der Waals surface area contributed by atoms with Gasteiger partial charge in [-0.25, -0.2) is 8.42 Å². The second-order valence-electron chi connectivity index (χ2n) is 8.89. The molecule has 4 aromatic rings. The van der Waals surface area contributed by atoms with Crippen LogP contribution in [0.2, 0.25) is 0 Å². The van der Waals surface area contributed by atoms with E-state index < -0.39 is 10.0 Å². The van der Waals surface area contributed by atoms with E-state index in [4.69, 9.17) is 22.7 Å². The number of nitrogens with one attached hydrogen (secondary N) is 3. The summed E-state index contributed by atoms with van der Waals surface area (Å²) in [7, 11) is -3.87. The summed E-state index contributed by atoms with van der Waals surface area (Å²) in [6.45, 7) is 2.08. The van der Waals surface area contributed by atoms with Crippen molar-refractivity contribution in [2.75, 3.05) is 27.7 Å². The first-order chi connectivity index (χ1) is 19.2. The largest absolute Gasteiger partial charge is 0.466 e. The Kier molecular flexibility index (Phi) is 9.36. The van der Waals surface area contributed by atoms with Crippen LogP contribution in [-0.2, 0) is 26.0 Å². The van der Waals surface area contributed by atoms with Crippen molar-refractivity contribution >= 4 is 56.1 Å². The lowest BCUT2D eigenvalue weighted by Gasteiger charge is -2.14. The third kappa shape index (κ3) is 7.81. The lowest BCUT2D eigenvalue weighted by molar-refractivity contribution is -0.143. The molecule has 0 aliphatic heterocycles. The summed E-state index contributed by atoms with van der Waals surface area (Å²) >= 11 is 5.43. The molecule has 0 spiro atoms. The Labute approximate surface area is 239 Å². The Hall–Kier alpha value is -4.41. The summed E-state index contributed by atoms with van der Waals surface area (Å²) < 4.78 is 34.1. The Balaban J connectivity index is 1.46. The highest BCUT2D eigenvalue weighted by atomic mass is 32.2. The Morgan fingerprint density at radius 2 is 1.55 bits per heavy atom. The molecule has 5 N–H and O–H groups in total. The van der Waals surface area contributed by atoms with Crippen LogP contribution in [0, 0.1) is 0 Å². The first-order valence-corrected chi connectivity index (χ1v) is 14.5. The monoisotopic (exact) mass is 574 g/mol. The first kappa shape index (κ1) is 28.6. The number of anilines is 4. The van der Waals surface area contributed by atoms with Crippen molar-refractivity contribution < 1.29 is 17.9 Å². The maximum Gasteiger partial charge on any atom is 0.306 e. The van der Waals surface area contributed by atoms with Gasteiger partial charge in [0.1, 0.15) is 0 Å². The summed E-state index contributed by atoms with van der Waals surface area (Å²) in [6.07, 6.45) is 0.674. The van der Waals surface area contributed by atoms with E-state index in [-0.39, 0.29) is 17.3 Å². The zero-order valence-corrected chi connectivity index (χ0v) is 23.5. The molecule has 0 aliphatic rings. The molecule has 0 radical (unpaired) electrons. The highest BCUT2D eigenvalue weighted by molar-refractivity contribution is 7.92. The van der Waals surface area contributed by atoms with Gasteiger partial charge >= 0.3 is 5.97 Å². The number of carbonyl (C=O) groups excluding carboxylic acids is 1. The maximum atomic E-state index is 13.2. The standard InChI is InChI=1S/C30H30N4O4S2/c1-2-38-29(35)17-16-21-8-5-12-25(18-21)34-40(36,37)26-13-7-10-23(20-26)22-9-6-11-24(19-22)32-30(39)33-28-15-4-3-14-27(28)31/h3-15,18-20,34H,2,16-17,31H2,1H3,(H2,32,33,39). The lowest BCUT2D eigenvalue weighted by atomic mass is 10.1. The van der Waals surface area contributed by atoms with Gasteiger partial charge in [-0.2, -0.15) is 0 Å². The van der Waals surface area contributed by atoms with E-state index in [0.29, 0.717) is 35.2 Å². The predicted molar refractivity (Wildman–Crippen MR) is 165 cm³/mol. The Morgan fingerprint density at radius 1 is 0.850 bits per heavy atom. The van der Waals surface area contributed by atoms with Crippen LogP contribution in [-0.4, -0.2) is 26.1 Å². The summed E-state index contributed by atoms with van der Waals surface area (Å²) in [5, 5.41) is 6.59. The molecule has 0 saturated carbocycles. The molecule has 0 atom stereocenters. The molecule has 0 aromatic heterocycles. The van der Waals surface area contributed by atoms with Crippen molar-refractivity contribution in [2.24, 2.45) is 0 Å². The zero-order chi connectivity index (χ0) is 28.5. The van der Waals surface area contributed by atoms with Gasteiger partial charge in [-0.3, -0.25) is 9.52 Å². The number of aryl methyl sites for hydroxylation is 1. The molecule has 8 nitrogen and oxygen atoms in total. The van der Waals surface area contributed by atoms with Crippen LogP contribution >= 0.6 is 12.2 Å². The van der Waals surface area contributed by atoms with E-state index in [2.05, 4.69) is 15.4 Å². The molecule has 4 rings (SSSR count). The summed E-state index contributed by atoms with van der Waals surface area (Å²) in [4.78, 5) is 11.8. The van der Waals surface area contributed by atoms with E-state index >= 15 is 0 Å². The fraction of sp³-hybridized carbons (Fsp3) is 0.133. The van der Waals surface area contributed by atoms with E-state index in [1.54, 1.807) is 49.4 Å². The van der Waals surface area contributed by atoms with Crippen LogP contribution in [0.4, 0.5) is 22.7 Å². The van der Waals surface area contributed by atoms with Gasteiger partial charge in [0, 0.05) is 17.8 Å². The van der Waals surface area contributed by atoms with Crippen LogP contribution in [0.25, 0.3) is 11.1 Å². The van der Waals surface area contributed by atoms with Crippen molar-refractivity contribution in [2.45, 2.75) is 24.7 Å². The fourth-order valence-electron chi connectivity index (χ4n) is 4.00. The number of esters is 1. The minimum atomic E-state index is -3.87. The number of rotatable bonds is 10. The van der Waals surface area contributed by atoms with Gasteiger partial charge in [-0.1, -0.05) is 48.5 Å². The average molecular weight is 575 g/mol. The molecule has 206 valence electrons.